The van der Waals surface area contributed by atoms with Crippen LogP contribution in [0.1, 0.15) is 55.6 Å². The fraction of sp³-hybridized carbons (Fsp3) is 0.464. The summed E-state index contributed by atoms with van der Waals surface area (Å²) < 4.78 is 19.3. The van der Waals surface area contributed by atoms with Crippen LogP contribution < -0.4 is 35.3 Å². The Balaban J connectivity index is -0.000000670. The number of nitrogens with two attached hydrogens (primary N) is 2. The highest BCUT2D eigenvalue weighted by Crippen LogP contribution is 2.13. The van der Waals surface area contributed by atoms with E-state index in [1.54, 1.807) is 6.92 Å². The third kappa shape index (κ3) is 16.7. The lowest BCUT2D eigenvalue weighted by molar-refractivity contribution is -0.402. The number of aliphatic imine (C=N–C) groups is 2. The van der Waals surface area contributed by atoms with Gasteiger partial charge in [0.15, 0.2) is 40.7 Å². The molecule has 0 fully saturated rings. The molecule has 0 saturated carbocycles. The van der Waals surface area contributed by atoms with Gasteiger partial charge in [0.2, 0.25) is 18.0 Å². The zero-order valence-electron chi connectivity index (χ0n) is 31.5. The number of primary amides is 2. The largest absolute Gasteiger partial charge is 1.00 e. The number of aromatic amines is 1. The number of isocyanates is 2. The SMILES string of the molecule is COC(=O)C(C)(C)n1nnc2c(C(N)=O)ncn2c1=O.COC(=O)[C@@H](C)N=C=O.COC(=O)[C@@H](C)N=C=O.COC(=O)[C@@H](C)[NH3+].N=Nc1nc[nH]c1C(N)=O.[Cl-]. The summed E-state index contributed by atoms with van der Waals surface area (Å²) >= 11 is 0. The zero-order chi connectivity index (χ0) is 43.1. The molecule has 0 bridgehead atoms. The molecule has 0 aromatic carbocycles. The predicted molar refractivity (Wildman–Crippen MR) is 180 cm³/mol. The van der Waals surface area contributed by atoms with Crippen LogP contribution in [-0.4, -0.2) is 129 Å². The number of halogens is 1. The van der Waals surface area contributed by atoms with Crippen molar-refractivity contribution in [1.82, 2.24) is 34.3 Å². The molecular formula is C28H41ClN14O13. The van der Waals surface area contributed by atoms with E-state index in [4.69, 9.17) is 17.0 Å². The molecule has 0 saturated heterocycles. The van der Waals surface area contributed by atoms with E-state index in [2.05, 4.69) is 65.0 Å². The average molecular weight is 817 g/mol. The van der Waals surface area contributed by atoms with Gasteiger partial charge in [-0.3, -0.25) is 9.59 Å². The molecule has 308 valence electrons. The van der Waals surface area contributed by atoms with E-state index in [-0.39, 0.29) is 47.3 Å². The van der Waals surface area contributed by atoms with Gasteiger partial charge >= 0.3 is 29.6 Å². The van der Waals surface area contributed by atoms with Crippen LogP contribution in [0.15, 0.2) is 32.5 Å². The van der Waals surface area contributed by atoms with Crippen molar-refractivity contribution >= 4 is 59.3 Å². The summed E-state index contributed by atoms with van der Waals surface area (Å²) in [5.41, 5.74) is 17.7. The minimum atomic E-state index is -1.36. The van der Waals surface area contributed by atoms with Crippen molar-refractivity contribution in [2.24, 2.45) is 26.6 Å². The molecule has 56 heavy (non-hydrogen) atoms. The van der Waals surface area contributed by atoms with Crippen molar-refractivity contribution in [1.29, 1.82) is 5.53 Å². The third-order valence-corrected chi connectivity index (χ3v) is 5.96. The molecule has 3 rings (SSSR count). The van der Waals surface area contributed by atoms with Gasteiger partial charge in [-0.25, -0.2) is 53.5 Å². The van der Waals surface area contributed by atoms with Gasteiger partial charge in [0.1, 0.15) is 6.33 Å². The van der Waals surface area contributed by atoms with Gasteiger partial charge in [-0.1, -0.05) is 5.21 Å². The van der Waals surface area contributed by atoms with Crippen molar-refractivity contribution in [3.8, 4) is 0 Å². The number of hydrogen-bond acceptors (Lipinski definition) is 21. The highest BCUT2D eigenvalue weighted by molar-refractivity contribution is 5.96. The van der Waals surface area contributed by atoms with Crippen LogP contribution in [0, 0.1) is 5.53 Å². The van der Waals surface area contributed by atoms with Gasteiger partial charge in [0.05, 0.1) is 34.8 Å². The first kappa shape index (κ1) is 53.3. The Morgan fingerprint density at radius 2 is 1.36 bits per heavy atom. The van der Waals surface area contributed by atoms with Gasteiger partial charge in [-0.15, -0.1) is 10.2 Å². The molecule has 3 aromatic heterocycles. The third-order valence-electron chi connectivity index (χ3n) is 5.96. The van der Waals surface area contributed by atoms with Crippen molar-refractivity contribution in [2.75, 3.05) is 28.4 Å². The summed E-state index contributed by atoms with van der Waals surface area (Å²) in [6, 6.07) is -1.70. The standard InChI is InChI=1S/C10H12N6O4.2C5H7NO3.C4H5N5O.C4H9NO2.ClH/c1-10(2,8(18)20-3)16-9(19)15-4-12-5(6(11)17)7(15)13-14-16;2*1-4(6-3-7)5(8)9-2;5-3(10)2-4(9-6)8-1-7-2;1-3(5)4(6)7-2;/h4H,1-3H3,(H2,11,17);2*4H,1-2H3;1,6H,(H2,5,10)(H,7,8);3H,5H2,1-2H3;1H/t;2*4-;;3-;/m.11.1./s1. The summed E-state index contributed by atoms with van der Waals surface area (Å²) in [6.45, 7) is 7.50. The molecule has 28 heteroatoms. The number of quaternary nitrogens is 1. The van der Waals surface area contributed by atoms with E-state index in [1.165, 1.54) is 74.6 Å². The molecule has 3 aromatic rings. The maximum atomic E-state index is 12.3. The zero-order valence-corrected chi connectivity index (χ0v) is 32.2. The van der Waals surface area contributed by atoms with E-state index in [9.17, 15) is 43.2 Å². The number of carbonyl (C=O) groups is 6. The molecule has 3 heterocycles. The van der Waals surface area contributed by atoms with Gasteiger partial charge in [0, 0.05) is 0 Å². The quantitative estimate of drug-likeness (QED) is 0.0418. The van der Waals surface area contributed by atoms with Crippen LogP contribution in [0.3, 0.4) is 0 Å². The summed E-state index contributed by atoms with van der Waals surface area (Å²) in [7, 11) is 5.02. The minimum absolute atomic E-state index is 0. The number of rotatable bonds is 10. The van der Waals surface area contributed by atoms with Gasteiger partial charge in [-0.05, 0) is 34.6 Å². The van der Waals surface area contributed by atoms with Crippen molar-refractivity contribution in [3.05, 3.63) is 34.5 Å². The number of esters is 4. The number of amides is 2. The molecule has 0 aliphatic rings. The van der Waals surface area contributed by atoms with Crippen molar-refractivity contribution in [2.45, 2.75) is 58.3 Å². The van der Waals surface area contributed by atoms with E-state index in [0.717, 1.165) is 15.4 Å². The lowest BCUT2D eigenvalue weighted by Gasteiger charge is -2.21. The Bertz CT molecular complexity index is 1930. The van der Waals surface area contributed by atoms with Crippen LogP contribution in [0.2, 0.25) is 0 Å². The number of carbonyl (C=O) groups excluding carboxylic acids is 8. The van der Waals surface area contributed by atoms with Gasteiger partial charge in [-0.2, -0.15) is 14.7 Å². The maximum Gasteiger partial charge on any atom is 0.364 e. The molecule has 9 N–H and O–H groups in total. The van der Waals surface area contributed by atoms with Crippen LogP contribution in [0.25, 0.3) is 5.65 Å². The Kier molecular flexibility index (Phi) is 25.4. The average Bonchev–Trinajstić information content (AvgIpc) is 3.83. The Labute approximate surface area is 322 Å². The summed E-state index contributed by atoms with van der Waals surface area (Å²) in [4.78, 5) is 112. The number of hydrogen-bond donors (Lipinski definition) is 5. The van der Waals surface area contributed by atoms with E-state index in [1.807, 2.05) is 0 Å². The summed E-state index contributed by atoms with van der Waals surface area (Å²) in [5, 5.41) is 10.3. The number of H-pyrrole nitrogens is 1. The number of imidazole rings is 2. The first-order chi connectivity index (χ1) is 25.7. The first-order valence-electron chi connectivity index (χ1n) is 14.8. The number of ether oxygens (including phenoxy) is 4. The molecule has 0 aliphatic carbocycles. The van der Waals surface area contributed by atoms with Crippen molar-refractivity contribution in [3.63, 3.8) is 0 Å². The number of methoxy groups -OCH3 is 4. The molecular weight excluding hydrogens is 776 g/mol. The van der Waals surface area contributed by atoms with E-state index < -0.39 is 53.0 Å². The number of nitrogens with zero attached hydrogens (tertiary/aromatic N) is 9. The van der Waals surface area contributed by atoms with E-state index in [0.29, 0.717) is 0 Å². The maximum absolute atomic E-state index is 12.3. The molecule has 0 unspecified atom stereocenters. The topological polar surface area (TPSA) is 408 Å². The number of nitrogens with one attached hydrogen (secondary N) is 2. The van der Waals surface area contributed by atoms with Crippen LogP contribution in [-0.2, 0) is 53.3 Å². The Morgan fingerprint density at radius 1 is 0.875 bits per heavy atom. The monoisotopic (exact) mass is 816 g/mol. The highest BCUT2D eigenvalue weighted by Gasteiger charge is 2.34. The van der Waals surface area contributed by atoms with Gasteiger partial charge in [0.25, 0.3) is 11.8 Å². The van der Waals surface area contributed by atoms with Crippen molar-refractivity contribution < 1.29 is 75.4 Å². The smallest absolute Gasteiger partial charge is 0.364 e. The molecule has 0 aliphatic heterocycles. The molecule has 0 radical (unpaired) electrons. The van der Waals surface area contributed by atoms with Crippen LogP contribution in [0.4, 0.5) is 5.82 Å². The normalized spacial score (nSPS) is 11.0. The van der Waals surface area contributed by atoms with Crippen LogP contribution >= 0.6 is 0 Å². The van der Waals surface area contributed by atoms with E-state index >= 15 is 0 Å². The molecule has 2 amide bonds. The minimum Gasteiger partial charge on any atom is -1.00 e. The number of aromatic nitrogens is 7. The Morgan fingerprint density at radius 3 is 1.68 bits per heavy atom. The predicted octanol–water partition coefficient (Wildman–Crippen LogP) is -5.97. The molecule has 0 spiro atoms. The lowest BCUT2D eigenvalue weighted by Crippen LogP contribution is -3.00. The second-order valence-electron chi connectivity index (χ2n) is 10.3. The fourth-order valence-corrected chi connectivity index (χ4v) is 3.02. The fourth-order valence-electron chi connectivity index (χ4n) is 3.02. The molecule has 3 atom stereocenters. The summed E-state index contributed by atoms with van der Waals surface area (Å²) in [6.07, 6.45) is 4.86. The Hall–Kier alpha value is -7.08. The second-order valence-corrected chi connectivity index (χ2v) is 10.3. The molecule has 27 nitrogen and oxygen atoms in total. The highest BCUT2D eigenvalue weighted by atomic mass is 35.5. The van der Waals surface area contributed by atoms with Crippen LogP contribution in [0.5, 0.6) is 0 Å². The lowest BCUT2D eigenvalue weighted by atomic mass is 10.1. The summed E-state index contributed by atoms with van der Waals surface area (Å²) in [5.74, 6) is -3.46. The number of fused-ring (bicyclic) bond motifs is 1. The second kappa shape index (κ2) is 26.6. The van der Waals surface area contributed by atoms with Gasteiger partial charge < -0.3 is 53.5 Å². The first-order valence-corrected chi connectivity index (χ1v) is 14.8.